The molecule has 13 aromatic carbocycles. The van der Waals surface area contributed by atoms with Crippen molar-refractivity contribution in [1.82, 2.24) is 24.2 Å². The molecular formula is C114H98Cl4FN5O10. The first-order valence-electron chi connectivity index (χ1n) is 44.8. The fourth-order valence-electron chi connectivity index (χ4n) is 20.1. The first kappa shape index (κ1) is 90.8. The van der Waals surface area contributed by atoms with Crippen LogP contribution in [-0.4, -0.2) is 115 Å². The molecule has 0 fully saturated rings. The molecule has 4 unspecified atom stereocenters. The molecule has 4 aliphatic heterocycles. The Kier molecular flexibility index (Phi) is 26.6. The van der Waals surface area contributed by atoms with Gasteiger partial charge in [0.1, 0.15) is 34.6 Å². The van der Waals surface area contributed by atoms with Gasteiger partial charge in [-0.2, -0.15) is 0 Å². The molecule has 0 saturated carbocycles. The van der Waals surface area contributed by atoms with Crippen LogP contribution in [0.3, 0.4) is 0 Å². The molecule has 14 aromatic rings. The third-order valence-electron chi connectivity index (χ3n) is 26.8. The van der Waals surface area contributed by atoms with Gasteiger partial charge in [-0.3, -0.25) is 28.5 Å². The van der Waals surface area contributed by atoms with Gasteiger partial charge in [0.25, 0.3) is 29.5 Å². The number of hydrogen-bond acceptors (Lipinski definition) is 10. The zero-order chi connectivity index (χ0) is 93.3. The minimum Gasteiger partial charge on any atom is -0.497 e. The SMILES string of the molecule is COc1ccc(C(=O)N2CCC3=C(Cc4ccc(Cl)cc43)C2c2ccc(OC)cc2)cc1.COc1ccc(C2C3=C(CCN2C(=O)c2ccc(C)cc2)c2cc(Cl)ccc2C3)cc1.COc1ccc(C2C3=C(CCN2C(=O)c2ccc(C)cc2)c2cc(Cl)ccc2C3)cc1.COc1ccc(C2c3c(c4cc(Cl)ccc4n3C(=O)c3ccc(F)cc3)CCN2C(=O)c2ccc(C)cc2)cc1. The number of methoxy groups -OCH3 is 5. The van der Waals surface area contributed by atoms with Crippen molar-refractivity contribution in [2.24, 2.45) is 0 Å². The highest BCUT2D eigenvalue weighted by molar-refractivity contribution is 6.32. The molecule has 0 saturated heterocycles. The zero-order valence-corrected chi connectivity index (χ0v) is 78.5. The quantitative estimate of drug-likeness (QED) is 0.103. The number of aryl methyl sites for hydroxylation is 3. The molecule has 134 heavy (non-hydrogen) atoms. The van der Waals surface area contributed by atoms with E-state index in [0.29, 0.717) is 71.3 Å². The lowest BCUT2D eigenvalue weighted by Crippen LogP contribution is -2.42. The van der Waals surface area contributed by atoms with Gasteiger partial charge in [-0.05, 0) is 348 Å². The standard InChI is InChI=1S/C33H26ClFN2O3.C27H24ClNO3.2C27H24ClNO2/c1-20-3-5-22(6-4-20)32(38)36-18-17-27-28-19-24(34)11-16-29(28)37(33(39)23-7-12-25(35)13-8-23)31(27)30(36)21-9-14-26(40-2)15-10-21;1-31-21-9-4-17(5-10-21)26-25-15-19-3-8-20(28)16-24(19)23(25)13-14-29(26)27(30)18-6-11-22(32-2)12-7-18;2*1-17-3-5-19(6-4-17)27(30)29-14-13-23-24-16-21(28)10-7-20(24)15-25(23)26(29)18-8-11-22(31-2)12-9-18/h3-16,19,30H,17-18H2,1-2H3;3-12,16,26H,13-15H2,1-2H3;2*3-12,16,26H,13-15H2,1-2H3. The van der Waals surface area contributed by atoms with Gasteiger partial charge in [0.2, 0.25) is 0 Å². The Hall–Kier alpha value is -13.7. The first-order chi connectivity index (χ1) is 65.0. The molecule has 0 radical (unpaired) electrons. The summed E-state index contributed by atoms with van der Waals surface area (Å²) in [5, 5.41) is 3.67. The van der Waals surface area contributed by atoms with E-state index in [4.69, 9.17) is 70.1 Å². The van der Waals surface area contributed by atoms with E-state index in [1.807, 2.05) is 228 Å². The number of ether oxygens (including phenoxy) is 5. The normalized spacial score (nSPS) is 16.5. The highest BCUT2D eigenvalue weighted by atomic mass is 35.5. The van der Waals surface area contributed by atoms with E-state index in [9.17, 15) is 28.4 Å². The maximum atomic E-state index is 14.1. The molecule has 5 heterocycles. The third-order valence-corrected chi connectivity index (χ3v) is 27.7. The number of benzene rings is 13. The maximum Gasteiger partial charge on any atom is 0.262 e. The van der Waals surface area contributed by atoms with Gasteiger partial charge >= 0.3 is 0 Å². The lowest BCUT2D eigenvalue weighted by Gasteiger charge is -2.38. The summed E-state index contributed by atoms with van der Waals surface area (Å²) in [6, 6.07) is 90.7. The number of fused-ring (bicyclic) bond motifs is 9. The van der Waals surface area contributed by atoms with Crippen LogP contribution in [0.2, 0.25) is 20.1 Å². The average molecular weight is 1860 g/mol. The fraction of sp³-hybridized carbons (Fsp3) is 0.202. The topological polar surface area (TPSA) is 149 Å². The van der Waals surface area contributed by atoms with Crippen LogP contribution in [0.4, 0.5) is 4.39 Å². The molecule has 4 atom stereocenters. The summed E-state index contributed by atoms with van der Waals surface area (Å²) in [5.74, 6) is 3.15. The van der Waals surface area contributed by atoms with Crippen LogP contribution in [0.15, 0.2) is 308 Å². The highest BCUT2D eigenvalue weighted by Crippen LogP contribution is 2.53. The Morgan fingerprint density at radius 2 is 0.560 bits per heavy atom. The summed E-state index contributed by atoms with van der Waals surface area (Å²) >= 11 is 25.4. The van der Waals surface area contributed by atoms with Gasteiger partial charge in [0, 0.05) is 79.5 Å². The van der Waals surface area contributed by atoms with Crippen molar-refractivity contribution in [3.8, 4) is 28.7 Å². The number of carbonyl (C=O) groups excluding carboxylic acids is 5. The predicted molar refractivity (Wildman–Crippen MR) is 530 cm³/mol. The van der Waals surface area contributed by atoms with Crippen LogP contribution in [0.1, 0.15) is 179 Å². The van der Waals surface area contributed by atoms with Gasteiger partial charge in [0.15, 0.2) is 0 Å². The number of rotatable bonds is 14. The van der Waals surface area contributed by atoms with Gasteiger partial charge < -0.3 is 43.3 Å². The third kappa shape index (κ3) is 18.3. The van der Waals surface area contributed by atoms with E-state index in [0.717, 1.165) is 138 Å². The van der Waals surface area contributed by atoms with E-state index >= 15 is 0 Å². The molecule has 15 nitrogen and oxygen atoms in total. The zero-order valence-electron chi connectivity index (χ0n) is 75.5. The second kappa shape index (κ2) is 39.2. The van der Waals surface area contributed by atoms with Gasteiger partial charge in [-0.25, -0.2) is 4.39 Å². The Labute approximate surface area is 799 Å². The van der Waals surface area contributed by atoms with Crippen molar-refractivity contribution in [3.05, 3.63) is 445 Å². The van der Waals surface area contributed by atoms with Gasteiger partial charge in [-0.1, -0.05) is 166 Å². The van der Waals surface area contributed by atoms with E-state index in [2.05, 4.69) is 72.8 Å². The first-order valence-corrected chi connectivity index (χ1v) is 46.3. The van der Waals surface area contributed by atoms with Crippen LogP contribution >= 0.6 is 46.4 Å². The van der Waals surface area contributed by atoms with Gasteiger partial charge in [0.05, 0.1) is 70.9 Å². The van der Waals surface area contributed by atoms with Crippen molar-refractivity contribution < 1.29 is 52.0 Å². The molecule has 0 N–H and O–H groups in total. The van der Waals surface area contributed by atoms with Crippen LogP contribution in [0.25, 0.3) is 27.6 Å². The summed E-state index contributed by atoms with van der Waals surface area (Å²) in [4.78, 5) is 76.9. The maximum absolute atomic E-state index is 14.1. The molecule has 20 heteroatoms. The molecular weight excluding hydrogens is 1760 g/mol. The Morgan fingerprint density at radius 3 is 0.881 bits per heavy atom. The predicted octanol–water partition coefficient (Wildman–Crippen LogP) is 25.7. The average Bonchev–Trinajstić information content (AvgIpc) is 1.57. The molecule has 674 valence electrons. The number of carbonyl (C=O) groups is 5. The molecule has 0 spiro atoms. The number of hydrogen-bond donors (Lipinski definition) is 0. The lowest BCUT2D eigenvalue weighted by molar-refractivity contribution is 0.0679. The summed E-state index contributed by atoms with van der Waals surface area (Å²) in [6.45, 7) is 8.49. The largest absolute Gasteiger partial charge is 0.497 e. The summed E-state index contributed by atoms with van der Waals surface area (Å²) in [6.07, 6.45) is 5.55. The molecule has 7 aliphatic rings. The van der Waals surface area contributed by atoms with Crippen molar-refractivity contribution in [2.45, 2.75) is 89.9 Å². The molecule has 4 amide bonds. The van der Waals surface area contributed by atoms with Crippen LogP contribution < -0.4 is 23.7 Å². The Balaban J connectivity index is 0.000000120. The Morgan fingerprint density at radius 1 is 0.299 bits per heavy atom. The lowest BCUT2D eigenvalue weighted by atomic mass is 9.87. The second-order valence-corrected chi connectivity index (χ2v) is 36.4. The van der Waals surface area contributed by atoms with Crippen molar-refractivity contribution in [1.29, 1.82) is 0 Å². The van der Waals surface area contributed by atoms with Crippen molar-refractivity contribution in [2.75, 3.05) is 61.7 Å². The minimum absolute atomic E-state index is 0.0222. The summed E-state index contributed by atoms with van der Waals surface area (Å²) in [7, 11) is 8.22. The molecule has 3 aliphatic carbocycles. The number of nitrogens with zero attached hydrogens (tertiary/aromatic N) is 5. The van der Waals surface area contributed by atoms with E-state index in [-0.39, 0.29) is 47.7 Å². The van der Waals surface area contributed by atoms with Crippen LogP contribution in [0, 0.1) is 26.6 Å². The van der Waals surface area contributed by atoms with Gasteiger partial charge in [-0.15, -0.1) is 0 Å². The highest BCUT2D eigenvalue weighted by Gasteiger charge is 2.44. The number of halogens is 5. The summed E-state index contributed by atoms with van der Waals surface area (Å²) < 4.78 is 42.1. The fourth-order valence-corrected chi connectivity index (χ4v) is 20.7. The smallest absolute Gasteiger partial charge is 0.262 e. The number of amides is 4. The monoisotopic (exact) mass is 1860 g/mol. The minimum atomic E-state index is -0.570. The molecule has 1 aromatic heterocycles. The van der Waals surface area contributed by atoms with E-state index in [1.165, 1.54) is 91.1 Å². The Bertz CT molecular complexity index is 6770. The molecule has 0 bridgehead atoms. The van der Waals surface area contributed by atoms with Crippen molar-refractivity contribution >= 4 is 104 Å². The second-order valence-electron chi connectivity index (χ2n) is 34.6. The van der Waals surface area contributed by atoms with E-state index in [1.54, 1.807) is 46.2 Å². The number of aromatic nitrogens is 1. The summed E-state index contributed by atoms with van der Waals surface area (Å²) in [5.41, 5.74) is 28.3. The van der Waals surface area contributed by atoms with Crippen LogP contribution in [0.5, 0.6) is 28.7 Å². The van der Waals surface area contributed by atoms with Crippen molar-refractivity contribution in [3.63, 3.8) is 0 Å². The molecule has 21 rings (SSSR count). The van der Waals surface area contributed by atoms with E-state index < -0.39 is 11.9 Å². The van der Waals surface area contributed by atoms with Crippen LogP contribution in [-0.2, 0) is 25.7 Å².